The predicted molar refractivity (Wildman–Crippen MR) is 59.8 cm³/mol. The highest BCUT2D eigenvalue weighted by Gasteiger charge is 2.20. The molecule has 1 rings (SSSR count). The van der Waals surface area contributed by atoms with Gasteiger partial charge in [-0.3, -0.25) is 19.7 Å². The number of benzene rings is 1. The van der Waals surface area contributed by atoms with Crippen molar-refractivity contribution in [2.24, 2.45) is 0 Å². The Hall–Kier alpha value is -1.66. The van der Waals surface area contributed by atoms with Crippen LogP contribution in [-0.4, -0.2) is 23.1 Å². The van der Waals surface area contributed by atoms with Crippen molar-refractivity contribution < 1.29 is 19.2 Å². The lowest BCUT2D eigenvalue weighted by Gasteiger charge is -2.07. The summed E-state index contributed by atoms with van der Waals surface area (Å²) in [5.74, 6) is -0.0200. The number of halogens is 2. The van der Waals surface area contributed by atoms with E-state index in [0.717, 1.165) is 6.07 Å². The van der Waals surface area contributed by atoms with Gasteiger partial charge in [-0.2, -0.15) is 0 Å². The van der Waals surface area contributed by atoms with Crippen molar-refractivity contribution in [2.75, 3.05) is 6.61 Å². The van der Waals surface area contributed by atoms with E-state index in [1.54, 1.807) is 0 Å². The van der Waals surface area contributed by atoms with Gasteiger partial charge in [-0.05, 0) is 17.7 Å². The van der Waals surface area contributed by atoms with E-state index in [4.69, 9.17) is 27.9 Å². The van der Waals surface area contributed by atoms with Crippen LogP contribution in [0, 0.1) is 10.1 Å². The van der Waals surface area contributed by atoms with Crippen molar-refractivity contribution in [3.8, 4) is 5.75 Å². The van der Waals surface area contributed by atoms with Crippen molar-refractivity contribution in [3.05, 3.63) is 32.8 Å². The van der Waals surface area contributed by atoms with Crippen LogP contribution in [0.15, 0.2) is 12.1 Å². The van der Waals surface area contributed by atoms with E-state index in [-0.39, 0.29) is 22.6 Å². The second-order valence-electron chi connectivity index (χ2n) is 2.83. The highest BCUT2D eigenvalue weighted by atomic mass is 35.5. The summed E-state index contributed by atoms with van der Waals surface area (Å²) in [6.07, 6.45) is 0.246. The van der Waals surface area contributed by atoms with Crippen molar-refractivity contribution in [3.63, 3.8) is 0 Å². The van der Waals surface area contributed by atoms with Gasteiger partial charge in [0.05, 0.1) is 4.92 Å². The highest BCUT2D eigenvalue weighted by molar-refractivity contribution is 6.63. The number of ether oxygens (including phenoxy) is 1. The number of aldehydes is 1. The quantitative estimate of drug-likeness (QED) is 0.356. The maximum atomic E-state index is 10.7. The molecule has 0 aliphatic rings. The molecule has 0 fully saturated rings. The minimum absolute atomic E-state index is 0.0200. The average Bonchev–Trinajstić information content (AvgIpc) is 2.26. The molecular formula is C9H5Cl2NO5. The maximum Gasteiger partial charge on any atom is 0.281 e. The molecule has 0 radical (unpaired) electrons. The van der Waals surface area contributed by atoms with Crippen molar-refractivity contribution >= 4 is 40.4 Å². The van der Waals surface area contributed by atoms with Crippen LogP contribution in [0.2, 0.25) is 5.02 Å². The zero-order chi connectivity index (χ0) is 13.0. The minimum atomic E-state index is -0.757. The lowest BCUT2D eigenvalue weighted by molar-refractivity contribution is -0.385. The van der Waals surface area contributed by atoms with Crippen molar-refractivity contribution in [1.29, 1.82) is 0 Å². The molecule has 8 heteroatoms. The van der Waals surface area contributed by atoms with Gasteiger partial charge in [-0.15, -0.1) is 0 Å². The van der Waals surface area contributed by atoms with E-state index in [1.165, 1.54) is 6.07 Å². The number of nitrogens with zero attached hydrogens (tertiary/aromatic N) is 1. The molecule has 0 heterocycles. The summed E-state index contributed by atoms with van der Waals surface area (Å²) in [4.78, 5) is 31.0. The zero-order valence-electron chi connectivity index (χ0n) is 8.18. The summed E-state index contributed by atoms with van der Waals surface area (Å²) < 4.78 is 4.88. The minimum Gasteiger partial charge on any atom is -0.483 e. The number of hydrogen-bond acceptors (Lipinski definition) is 5. The van der Waals surface area contributed by atoms with Crippen LogP contribution in [0.4, 0.5) is 5.69 Å². The van der Waals surface area contributed by atoms with Gasteiger partial charge in [-0.1, -0.05) is 11.6 Å². The van der Waals surface area contributed by atoms with Gasteiger partial charge in [0.2, 0.25) is 0 Å². The predicted octanol–water partition coefficient (Wildman–Crippen LogP) is 2.20. The number of rotatable bonds is 5. The molecular weight excluding hydrogens is 273 g/mol. The standard InChI is InChI=1S/C9H5Cl2NO5/c10-8(14)4-17-7-2-1-6(12(15)16)5(3-13)9(7)11/h1-3H,4H2. The fourth-order valence-corrected chi connectivity index (χ4v) is 1.39. The SMILES string of the molecule is O=Cc1c([N+](=O)[O-])ccc(OCC(=O)Cl)c1Cl. The molecule has 0 amide bonds. The van der Waals surface area contributed by atoms with Gasteiger partial charge >= 0.3 is 0 Å². The summed E-state index contributed by atoms with van der Waals surface area (Å²) in [6.45, 7) is -0.447. The first kappa shape index (κ1) is 13.4. The molecule has 0 aliphatic heterocycles. The Balaban J connectivity index is 3.15. The number of nitro benzene ring substituents is 1. The van der Waals surface area contributed by atoms with Crippen LogP contribution < -0.4 is 4.74 Å². The molecule has 0 atom stereocenters. The van der Waals surface area contributed by atoms with Gasteiger partial charge in [0.25, 0.3) is 10.9 Å². The molecule has 0 spiro atoms. The van der Waals surface area contributed by atoms with Gasteiger partial charge in [0.1, 0.15) is 16.3 Å². The topological polar surface area (TPSA) is 86.5 Å². The molecule has 6 nitrogen and oxygen atoms in total. The molecule has 17 heavy (non-hydrogen) atoms. The molecule has 0 aromatic heterocycles. The van der Waals surface area contributed by atoms with E-state index in [2.05, 4.69) is 0 Å². The molecule has 1 aromatic rings. The monoisotopic (exact) mass is 277 g/mol. The van der Waals surface area contributed by atoms with E-state index < -0.39 is 22.5 Å². The largest absolute Gasteiger partial charge is 0.483 e. The van der Waals surface area contributed by atoms with Gasteiger partial charge in [-0.25, -0.2) is 0 Å². The van der Waals surface area contributed by atoms with Crippen molar-refractivity contribution in [2.45, 2.75) is 0 Å². The third-order valence-electron chi connectivity index (χ3n) is 1.78. The molecule has 0 saturated heterocycles. The summed E-state index contributed by atoms with van der Waals surface area (Å²) in [5, 5.41) is 9.60. The number of carbonyl (C=O) groups excluding carboxylic acids is 2. The molecule has 0 N–H and O–H groups in total. The van der Waals surface area contributed by atoms with Crippen molar-refractivity contribution in [1.82, 2.24) is 0 Å². The Morgan fingerprint density at radius 2 is 2.18 bits per heavy atom. The summed E-state index contributed by atoms with van der Waals surface area (Å²) in [6, 6.07) is 2.25. The number of carbonyl (C=O) groups is 2. The number of hydrogen-bond donors (Lipinski definition) is 0. The van der Waals surface area contributed by atoms with Crippen LogP contribution in [0.5, 0.6) is 5.75 Å². The Morgan fingerprint density at radius 1 is 1.53 bits per heavy atom. The lowest BCUT2D eigenvalue weighted by atomic mass is 10.2. The molecule has 1 aromatic carbocycles. The van der Waals surface area contributed by atoms with Crippen LogP contribution in [0.1, 0.15) is 10.4 Å². The fourth-order valence-electron chi connectivity index (χ4n) is 1.08. The van der Waals surface area contributed by atoms with Crippen LogP contribution in [0.3, 0.4) is 0 Å². The molecule has 0 aliphatic carbocycles. The third-order valence-corrected chi connectivity index (χ3v) is 2.28. The second kappa shape index (κ2) is 5.60. The Labute approximate surface area is 105 Å². The van der Waals surface area contributed by atoms with Gasteiger partial charge in [0, 0.05) is 6.07 Å². The first-order valence-electron chi connectivity index (χ1n) is 4.20. The van der Waals surface area contributed by atoms with E-state index in [9.17, 15) is 19.7 Å². The molecule has 90 valence electrons. The summed E-state index contributed by atoms with van der Waals surface area (Å²) >= 11 is 10.8. The average molecular weight is 278 g/mol. The van der Waals surface area contributed by atoms with Crippen LogP contribution in [0.25, 0.3) is 0 Å². The van der Waals surface area contributed by atoms with E-state index >= 15 is 0 Å². The summed E-state index contributed by atoms with van der Waals surface area (Å²) in [5.41, 5.74) is -0.745. The van der Waals surface area contributed by atoms with E-state index in [1.807, 2.05) is 0 Å². The first-order chi connectivity index (χ1) is 7.97. The van der Waals surface area contributed by atoms with Gasteiger partial charge < -0.3 is 4.74 Å². The fraction of sp³-hybridized carbons (Fsp3) is 0.111. The summed E-state index contributed by atoms with van der Waals surface area (Å²) in [7, 11) is 0. The lowest BCUT2D eigenvalue weighted by Crippen LogP contribution is -2.06. The van der Waals surface area contributed by atoms with Crippen LogP contribution in [-0.2, 0) is 4.79 Å². The van der Waals surface area contributed by atoms with Crippen LogP contribution >= 0.6 is 23.2 Å². The maximum absolute atomic E-state index is 10.7. The highest BCUT2D eigenvalue weighted by Crippen LogP contribution is 2.33. The van der Waals surface area contributed by atoms with E-state index in [0.29, 0.717) is 0 Å². The molecule has 0 saturated carbocycles. The number of nitro groups is 1. The molecule has 0 unspecified atom stereocenters. The second-order valence-corrected chi connectivity index (χ2v) is 3.63. The normalized spacial score (nSPS) is 9.76. The Morgan fingerprint density at radius 3 is 2.65 bits per heavy atom. The smallest absolute Gasteiger partial charge is 0.281 e. The Bertz CT molecular complexity index is 489. The Kier molecular flexibility index (Phi) is 4.42. The zero-order valence-corrected chi connectivity index (χ0v) is 9.70. The first-order valence-corrected chi connectivity index (χ1v) is 4.96. The van der Waals surface area contributed by atoms with Gasteiger partial charge in [0.15, 0.2) is 12.9 Å². The molecule has 0 bridgehead atoms. The third kappa shape index (κ3) is 3.15.